The van der Waals surface area contributed by atoms with Gasteiger partial charge in [0.1, 0.15) is 5.75 Å². The number of hydrogen-bond donors (Lipinski definition) is 2. The fourth-order valence-electron chi connectivity index (χ4n) is 1.80. The van der Waals surface area contributed by atoms with Gasteiger partial charge in [0.15, 0.2) is 0 Å². The van der Waals surface area contributed by atoms with Gasteiger partial charge in [-0.15, -0.1) is 0 Å². The zero-order chi connectivity index (χ0) is 11.5. The molecule has 4 nitrogen and oxygen atoms in total. The molecule has 4 heteroatoms. The van der Waals surface area contributed by atoms with Crippen molar-refractivity contribution in [2.45, 2.75) is 13.3 Å². The molecular formula is C12H16N2O2. The lowest BCUT2D eigenvalue weighted by atomic mass is 10.1. The molecule has 0 fully saturated rings. The van der Waals surface area contributed by atoms with Crippen LogP contribution in [0.2, 0.25) is 0 Å². The van der Waals surface area contributed by atoms with Crippen molar-refractivity contribution < 1.29 is 9.53 Å². The second-order valence-electron chi connectivity index (χ2n) is 3.89. The van der Waals surface area contributed by atoms with E-state index in [2.05, 4.69) is 10.6 Å². The maximum absolute atomic E-state index is 11.8. The lowest BCUT2D eigenvalue weighted by molar-refractivity contribution is -0.119. The minimum absolute atomic E-state index is 0.0263. The van der Waals surface area contributed by atoms with E-state index in [4.69, 9.17) is 4.74 Å². The third kappa shape index (κ3) is 1.96. The van der Waals surface area contributed by atoms with E-state index in [-0.39, 0.29) is 11.8 Å². The topological polar surface area (TPSA) is 50.4 Å². The standard InChI is InChI=1S/C12H16N2O2/c1-3-8-7-13-10-5-4-9(16-2)6-11(10)14-12(8)15/h4-6,8,13H,3,7H2,1-2H3,(H,14,15). The van der Waals surface area contributed by atoms with Crippen LogP contribution in [-0.4, -0.2) is 19.6 Å². The van der Waals surface area contributed by atoms with Crippen LogP contribution in [0.1, 0.15) is 13.3 Å². The maximum Gasteiger partial charge on any atom is 0.229 e. The second-order valence-corrected chi connectivity index (χ2v) is 3.89. The van der Waals surface area contributed by atoms with E-state index < -0.39 is 0 Å². The van der Waals surface area contributed by atoms with Gasteiger partial charge in [0.25, 0.3) is 0 Å². The summed E-state index contributed by atoms with van der Waals surface area (Å²) in [6.07, 6.45) is 0.837. The van der Waals surface area contributed by atoms with Gasteiger partial charge in [-0.1, -0.05) is 6.92 Å². The Morgan fingerprint density at radius 2 is 2.25 bits per heavy atom. The molecule has 86 valence electrons. The lowest BCUT2D eigenvalue weighted by Gasteiger charge is -2.09. The van der Waals surface area contributed by atoms with E-state index >= 15 is 0 Å². The van der Waals surface area contributed by atoms with Gasteiger partial charge in [-0.05, 0) is 18.6 Å². The molecule has 1 aliphatic rings. The van der Waals surface area contributed by atoms with Crippen LogP contribution in [0.3, 0.4) is 0 Å². The molecule has 0 saturated carbocycles. The molecule has 1 amide bonds. The minimum atomic E-state index is 0.0263. The average molecular weight is 220 g/mol. The molecular weight excluding hydrogens is 204 g/mol. The molecule has 1 unspecified atom stereocenters. The van der Waals surface area contributed by atoms with Crippen molar-refractivity contribution in [3.8, 4) is 5.75 Å². The molecule has 1 aliphatic heterocycles. The van der Waals surface area contributed by atoms with Crippen molar-refractivity contribution in [2.24, 2.45) is 5.92 Å². The van der Waals surface area contributed by atoms with Gasteiger partial charge in [0.2, 0.25) is 5.91 Å². The van der Waals surface area contributed by atoms with Crippen LogP contribution in [0, 0.1) is 5.92 Å². The number of benzene rings is 1. The highest BCUT2D eigenvalue weighted by atomic mass is 16.5. The molecule has 1 atom stereocenters. The number of nitrogens with one attached hydrogen (secondary N) is 2. The Hall–Kier alpha value is -1.71. The predicted octanol–water partition coefficient (Wildman–Crippen LogP) is 2.09. The Morgan fingerprint density at radius 1 is 1.44 bits per heavy atom. The number of anilines is 2. The highest BCUT2D eigenvalue weighted by Gasteiger charge is 2.21. The van der Waals surface area contributed by atoms with Crippen LogP contribution in [0.5, 0.6) is 5.75 Å². The number of amides is 1. The van der Waals surface area contributed by atoms with Crippen molar-refractivity contribution in [3.63, 3.8) is 0 Å². The first kappa shape index (κ1) is 10.8. The van der Waals surface area contributed by atoms with Gasteiger partial charge < -0.3 is 15.4 Å². The van der Waals surface area contributed by atoms with Crippen LogP contribution >= 0.6 is 0 Å². The Balaban J connectivity index is 2.30. The van der Waals surface area contributed by atoms with Crippen molar-refractivity contribution in [2.75, 3.05) is 24.3 Å². The Bertz CT molecular complexity index is 404. The number of hydrogen-bond acceptors (Lipinski definition) is 3. The smallest absolute Gasteiger partial charge is 0.229 e. The number of rotatable bonds is 2. The van der Waals surface area contributed by atoms with E-state index in [9.17, 15) is 4.79 Å². The Labute approximate surface area is 95.0 Å². The van der Waals surface area contributed by atoms with E-state index in [1.54, 1.807) is 7.11 Å². The van der Waals surface area contributed by atoms with Gasteiger partial charge in [0, 0.05) is 12.6 Å². The van der Waals surface area contributed by atoms with E-state index in [1.165, 1.54) is 0 Å². The fraction of sp³-hybridized carbons (Fsp3) is 0.417. The normalized spacial score (nSPS) is 19.1. The molecule has 0 saturated heterocycles. The number of carbonyl (C=O) groups excluding carboxylic acids is 1. The van der Waals surface area contributed by atoms with Crippen LogP contribution in [-0.2, 0) is 4.79 Å². The molecule has 1 aromatic rings. The molecule has 1 heterocycles. The zero-order valence-electron chi connectivity index (χ0n) is 9.54. The number of carbonyl (C=O) groups is 1. The average Bonchev–Trinajstić information content (AvgIpc) is 2.46. The molecule has 0 radical (unpaired) electrons. The molecule has 0 spiro atoms. The van der Waals surface area contributed by atoms with E-state index in [0.29, 0.717) is 6.54 Å². The molecule has 2 N–H and O–H groups in total. The molecule has 0 aliphatic carbocycles. The number of fused-ring (bicyclic) bond motifs is 1. The van der Waals surface area contributed by atoms with E-state index in [1.807, 2.05) is 25.1 Å². The molecule has 1 aromatic carbocycles. The summed E-state index contributed by atoms with van der Waals surface area (Å²) in [5, 5.41) is 6.19. The third-order valence-electron chi connectivity index (χ3n) is 2.89. The van der Waals surface area contributed by atoms with Crippen LogP contribution in [0.15, 0.2) is 18.2 Å². The van der Waals surface area contributed by atoms with Gasteiger partial charge in [-0.25, -0.2) is 0 Å². The molecule has 2 rings (SSSR count). The summed E-state index contributed by atoms with van der Waals surface area (Å²) in [4.78, 5) is 11.8. The van der Waals surface area contributed by atoms with Crippen LogP contribution in [0.25, 0.3) is 0 Å². The van der Waals surface area contributed by atoms with Crippen molar-refractivity contribution >= 4 is 17.3 Å². The molecule has 16 heavy (non-hydrogen) atoms. The Kier molecular flexibility index (Phi) is 2.99. The van der Waals surface area contributed by atoms with Crippen LogP contribution < -0.4 is 15.4 Å². The van der Waals surface area contributed by atoms with Crippen molar-refractivity contribution in [1.82, 2.24) is 0 Å². The monoisotopic (exact) mass is 220 g/mol. The highest BCUT2D eigenvalue weighted by Crippen LogP contribution is 2.29. The van der Waals surface area contributed by atoms with Crippen molar-refractivity contribution in [3.05, 3.63) is 18.2 Å². The molecule has 0 aromatic heterocycles. The van der Waals surface area contributed by atoms with Gasteiger partial charge in [-0.3, -0.25) is 4.79 Å². The fourth-order valence-corrected chi connectivity index (χ4v) is 1.80. The van der Waals surface area contributed by atoms with Gasteiger partial charge in [-0.2, -0.15) is 0 Å². The maximum atomic E-state index is 11.8. The Morgan fingerprint density at radius 3 is 2.94 bits per heavy atom. The number of methoxy groups -OCH3 is 1. The highest BCUT2D eigenvalue weighted by molar-refractivity contribution is 5.97. The quantitative estimate of drug-likeness (QED) is 0.802. The van der Waals surface area contributed by atoms with Crippen molar-refractivity contribution in [1.29, 1.82) is 0 Å². The first-order valence-electron chi connectivity index (χ1n) is 5.47. The van der Waals surface area contributed by atoms with Gasteiger partial charge in [0.05, 0.1) is 24.4 Å². The summed E-state index contributed by atoms with van der Waals surface area (Å²) in [7, 11) is 1.61. The zero-order valence-corrected chi connectivity index (χ0v) is 9.54. The predicted molar refractivity (Wildman–Crippen MR) is 63.9 cm³/mol. The van der Waals surface area contributed by atoms with E-state index in [0.717, 1.165) is 23.5 Å². The summed E-state index contributed by atoms with van der Waals surface area (Å²) in [6.45, 7) is 2.70. The number of ether oxygens (including phenoxy) is 1. The minimum Gasteiger partial charge on any atom is -0.497 e. The molecule has 0 bridgehead atoms. The van der Waals surface area contributed by atoms with Gasteiger partial charge >= 0.3 is 0 Å². The summed E-state index contributed by atoms with van der Waals surface area (Å²) in [5.41, 5.74) is 1.74. The SMILES string of the molecule is CCC1CNc2ccc(OC)cc2NC1=O. The van der Waals surface area contributed by atoms with Crippen LogP contribution in [0.4, 0.5) is 11.4 Å². The summed E-state index contributed by atoms with van der Waals surface area (Å²) in [5.74, 6) is 0.844. The largest absolute Gasteiger partial charge is 0.497 e. The first-order valence-corrected chi connectivity index (χ1v) is 5.47. The second kappa shape index (κ2) is 4.43. The third-order valence-corrected chi connectivity index (χ3v) is 2.89. The lowest BCUT2D eigenvalue weighted by Crippen LogP contribution is -2.24. The summed E-state index contributed by atoms with van der Waals surface area (Å²) < 4.78 is 5.13. The summed E-state index contributed by atoms with van der Waals surface area (Å²) >= 11 is 0. The summed E-state index contributed by atoms with van der Waals surface area (Å²) in [6, 6.07) is 5.63. The first-order chi connectivity index (χ1) is 7.74.